The number of hydrogen-bond acceptors (Lipinski definition) is 7. The van der Waals surface area contributed by atoms with E-state index < -0.39 is 11.9 Å². The SMILES string of the molecule is COC(=O)c1ccc(COc2cc(O)c3c(c2)/C=C/CCCC(=O)CCC[C@H](C)OC3=O)cc1. The van der Waals surface area contributed by atoms with Gasteiger partial charge in [-0.05, 0) is 61.9 Å². The fourth-order valence-corrected chi connectivity index (χ4v) is 3.72. The van der Waals surface area contributed by atoms with Crippen molar-refractivity contribution in [1.82, 2.24) is 0 Å². The maximum Gasteiger partial charge on any atom is 0.342 e. The van der Waals surface area contributed by atoms with Gasteiger partial charge in [0.2, 0.25) is 0 Å². The van der Waals surface area contributed by atoms with Crippen LogP contribution in [0.4, 0.5) is 0 Å². The summed E-state index contributed by atoms with van der Waals surface area (Å²) < 4.78 is 16.1. The molecule has 2 aromatic carbocycles. The summed E-state index contributed by atoms with van der Waals surface area (Å²) >= 11 is 0. The summed E-state index contributed by atoms with van der Waals surface area (Å²) in [6, 6.07) is 9.88. The number of ketones is 1. The van der Waals surface area contributed by atoms with Crippen LogP contribution in [-0.4, -0.2) is 36.0 Å². The van der Waals surface area contributed by atoms with Crippen molar-refractivity contribution in [2.24, 2.45) is 0 Å². The Bertz CT molecular complexity index is 1050. The Hall–Kier alpha value is -3.61. The van der Waals surface area contributed by atoms with Crippen LogP contribution in [-0.2, 0) is 20.9 Å². The van der Waals surface area contributed by atoms with E-state index >= 15 is 0 Å². The first-order chi connectivity index (χ1) is 16.4. The zero-order chi connectivity index (χ0) is 24.5. The number of carbonyl (C=O) groups excluding carboxylic acids is 3. The molecule has 34 heavy (non-hydrogen) atoms. The Morgan fingerprint density at radius 1 is 1.12 bits per heavy atom. The third kappa shape index (κ3) is 6.94. The number of fused-ring (bicyclic) bond motifs is 1. The zero-order valence-electron chi connectivity index (χ0n) is 19.5. The zero-order valence-corrected chi connectivity index (χ0v) is 19.5. The number of methoxy groups -OCH3 is 1. The Morgan fingerprint density at radius 2 is 1.85 bits per heavy atom. The number of rotatable bonds is 4. The van der Waals surface area contributed by atoms with E-state index in [-0.39, 0.29) is 29.8 Å². The van der Waals surface area contributed by atoms with Crippen molar-refractivity contribution >= 4 is 23.8 Å². The minimum atomic E-state index is -0.613. The molecule has 1 atom stereocenters. The van der Waals surface area contributed by atoms with Crippen LogP contribution in [0.25, 0.3) is 6.08 Å². The Labute approximate surface area is 199 Å². The molecule has 0 unspecified atom stereocenters. The molecule has 180 valence electrons. The van der Waals surface area contributed by atoms with E-state index in [2.05, 4.69) is 0 Å². The monoisotopic (exact) mass is 466 g/mol. The molecule has 1 aliphatic rings. The summed E-state index contributed by atoms with van der Waals surface area (Å²) in [4.78, 5) is 36.3. The fraction of sp³-hybridized carbons (Fsp3) is 0.370. The topological polar surface area (TPSA) is 99.1 Å². The number of allylic oxidation sites excluding steroid dienone is 1. The third-order valence-electron chi connectivity index (χ3n) is 5.60. The molecule has 3 rings (SSSR count). The average Bonchev–Trinajstić information content (AvgIpc) is 2.81. The molecule has 7 heteroatoms. The Morgan fingerprint density at radius 3 is 2.59 bits per heavy atom. The normalized spacial score (nSPS) is 18.2. The molecule has 0 aromatic heterocycles. The van der Waals surface area contributed by atoms with E-state index in [0.717, 1.165) is 12.0 Å². The Balaban J connectivity index is 1.80. The smallest absolute Gasteiger partial charge is 0.342 e. The van der Waals surface area contributed by atoms with Gasteiger partial charge in [-0.2, -0.15) is 0 Å². The van der Waals surface area contributed by atoms with Crippen LogP contribution in [0, 0.1) is 0 Å². The maximum atomic E-state index is 12.8. The van der Waals surface area contributed by atoms with Crippen LogP contribution in [0.3, 0.4) is 0 Å². The van der Waals surface area contributed by atoms with Crippen LogP contribution >= 0.6 is 0 Å². The van der Waals surface area contributed by atoms with Gasteiger partial charge in [-0.15, -0.1) is 0 Å². The maximum absolute atomic E-state index is 12.8. The van der Waals surface area contributed by atoms with Crippen LogP contribution in [0.15, 0.2) is 42.5 Å². The van der Waals surface area contributed by atoms with Gasteiger partial charge in [0.1, 0.15) is 29.5 Å². The molecule has 1 N–H and O–H groups in total. The second-order valence-electron chi connectivity index (χ2n) is 8.33. The number of ether oxygens (including phenoxy) is 3. The van der Waals surface area contributed by atoms with Crippen LogP contribution in [0.1, 0.15) is 77.3 Å². The van der Waals surface area contributed by atoms with Gasteiger partial charge in [-0.1, -0.05) is 24.3 Å². The fourth-order valence-electron chi connectivity index (χ4n) is 3.72. The van der Waals surface area contributed by atoms with E-state index in [1.807, 2.05) is 6.08 Å². The van der Waals surface area contributed by atoms with Gasteiger partial charge in [-0.3, -0.25) is 4.79 Å². The van der Waals surface area contributed by atoms with Crippen LogP contribution in [0.5, 0.6) is 11.5 Å². The van der Waals surface area contributed by atoms with Gasteiger partial charge in [0.25, 0.3) is 0 Å². The number of aromatic hydroxyl groups is 1. The van der Waals surface area contributed by atoms with Crippen molar-refractivity contribution in [2.45, 2.75) is 58.2 Å². The predicted molar refractivity (Wildman–Crippen MR) is 127 cm³/mol. The summed E-state index contributed by atoms with van der Waals surface area (Å²) in [5.74, 6) is -0.649. The summed E-state index contributed by atoms with van der Waals surface area (Å²) in [5.41, 5.74) is 1.83. The second kappa shape index (κ2) is 12.0. The largest absolute Gasteiger partial charge is 0.507 e. The van der Waals surface area contributed by atoms with Crippen LogP contribution < -0.4 is 4.74 Å². The van der Waals surface area contributed by atoms with Gasteiger partial charge in [0, 0.05) is 18.9 Å². The molecule has 0 spiro atoms. The van der Waals surface area contributed by atoms with E-state index in [4.69, 9.17) is 14.2 Å². The van der Waals surface area contributed by atoms with Gasteiger partial charge < -0.3 is 19.3 Å². The van der Waals surface area contributed by atoms with Crippen molar-refractivity contribution in [2.75, 3.05) is 7.11 Å². The number of esters is 2. The molecule has 0 radical (unpaired) electrons. The molecule has 1 aliphatic heterocycles. The summed E-state index contributed by atoms with van der Waals surface area (Å²) in [7, 11) is 1.33. The molecule has 0 aliphatic carbocycles. The Kier molecular flexibility index (Phi) is 8.85. The van der Waals surface area contributed by atoms with Crippen molar-refractivity contribution in [3.05, 3.63) is 64.7 Å². The molecule has 1 heterocycles. The highest BCUT2D eigenvalue weighted by molar-refractivity contribution is 5.97. The van der Waals surface area contributed by atoms with E-state index in [1.54, 1.807) is 43.3 Å². The quantitative estimate of drug-likeness (QED) is 0.615. The lowest BCUT2D eigenvalue weighted by Crippen LogP contribution is -2.17. The first-order valence-electron chi connectivity index (χ1n) is 11.4. The molecule has 0 saturated carbocycles. The molecular weight excluding hydrogens is 436 g/mol. The second-order valence-corrected chi connectivity index (χ2v) is 8.33. The highest BCUT2D eigenvalue weighted by Gasteiger charge is 2.21. The minimum absolute atomic E-state index is 0.0889. The molecule has 0 fully saturated rings. The first-order valence-corrected chi connectivity index (χ1v) is 11.4. The molecule has 7 nitrogen and oxygen atoms in total. The van der Waals surface area contributed by atoms with Crippen molar-refractivity contribution in [1.29, 1.82) is 0 Å². The van der Waals surface area contributed by atoms with E-state index in [0.29, 0.717) is 49.0 Å². The summed E-state index contributed by atoms with van der Waals surface area (Å²) in [5, 5.41) is 10.6. The lowest BCUT2D eigenvalue weighted by atomic mass is 10.0. The van der Waals surface area contributed by atoms with Gasteiger partial charge in [0.05, 0.1) is 18.8 Å². The summed E-state index contributed by atoms with van der Waals surface area (Å²) in [6.45, 7) is 1.98. The number of benzene rings is 2. The standard InChI is InChI=1S/C27H30O7/c1-18-7-6-10-22(28)9-5-3-4-8-21-15-23(16-24(29)25(21)27(31)34-18)33-17-19-11-13-20(14-12-19)26(30)32-2/h4,8,11-16,18,29H,3,5-7,9-10,17H2,1-2H3/b8-4+/t18-/m0/s1. The number of Topliss-reactive ketones (excluding diaryl/α,β-unsaturated/α-hetero) is 1. The minimum Gasteiger partial charge on any atom is -0.507 e. The third-order valence-corrected chi connectivity index (χ3v) is 5.60. The van der Waals surface area contributed by atoms with Crippen molar-refractivity contribution in [3.8, 4) is 11.5 Å². The first kappa shape index (κ1) is 25.0. The van der Waals surface area contributed by atoms with Gasteiger partial charge in [-0.25, -0.2) is 9.59 Å². The van der Waals surface area contributed by atoms with E-state index in [9.17, 15) is 19.5 Å². The predicted octanol–water partition coefficient (Wildman–Crippen LogP) is 5.24. The molecule has 0 bridgehead atoms. The molecular formula is C27H30O7. The van der Waals surface area contributed by atoms with Crippen LogP contribution in [0.2, 0.25) is 0 Å². The van der Waals surface area contributed by atoms with E-state index in [1.165, 1.54) is 13.2 Å². The number of phenolic OH excluding ortho intramolecular Hbond substituents is 1. The van der Waals surface area contributed by atoms with Gasteiger partial charge in [0.15, 0.2) is 0 Å². The average molecular weight is 467 g/mol. The number of carbonyl (C=O) groups is 3. The number of hydrogen-bond donors (Lipinski definition) is 1. The highest BCUT2D eigenvalue weighted by Crippen LogP contribution is 2.31. The highest BCUT2D eigenvalue weighted by atomic mass is 16.5. The number of cyclic esters (lactones) is 1. The lowest BCUT2D eigenvalue weighted by Gasteiger charge is -2.16. The lowest BCUT2D eigenvalue weighted by molar-refractivity contribution is -0.119. The van der Waals surface area contributed by atoms with Crippen molar-refractivity contribution in [3.63, 3.8) is 0 Å². The molecule has 0 saturated heterocycles. The summed E-state index contributed by atoms with van der Waals surface area (Å²) in [6.07, 6.45) is 6.91. The number of phenols is 1. The van der Waals surface area contributed by atoms with Crippen molar-refractivity contribution < 1.29 is 33.7 Å². The molecule has 2 aromatic rings. The van der Waals surface area contributed by atoms with Gasteiger partial charge >= 0.3 is 11.9 Å². The molecule has 0 amide bonds.